The van der Waals surface area contributed by atoms with Gasteiger partial charge in [-0.15, -0.1) is 0 Å². The first-order valence-corrected chi connectivity index (χ1v) is 7.83. The molecular formula is C16H24N2OS. The summed E-state index contributed by atoms with van der Waals surface area (Å²) < 4.78 is 0. The monoisotopic (exact) mass is 292 g/mol. The van der Waals surface area contributed by atoms with Crippen molar-refractivity contribution in [3.63, 3.8) is 0 Å². The van der Waals surface area contributed by atoms with Crippen LogP contribution in [0.1, 0.15) is 43.7 Å². The van der Waals surface area contributed by atoms with Crippen LogP contribution >= 0.6 is 12.2 Å². The lowest BCUT2D eigenvalue weighted by atomic mass is 9.99. The fraction of sp³-hybridized carbons (Fsp3) is 0.562. The third kappa shape index (κ3) is 4.01. The van der Waals surface area contributed by atoms with Crippen molar-refractivity contribution in [1.82, 2.24) is 4.90 Å². The summed E-state index contributed by atoms with van der Waals surface area (Å²) in [5, 5.41) is 9.71. The summed E-state index contributed by atoms with van der Waals surface area (Å²) in [5.74, 6) is 0. The zero-order valence-corrected chi connectivity index (χ0v) is 12.7. The SMILES string of the molecule is NC(=S)CC(c1ccccc1)N1CCCCCC1CO. The Labute approximate surface area is 126 Å². The van der Waals surface area contributed by atoms with E-state index in [-0.39, 0.29) is 18.7 Å². The average Bonchev–Trinajstić information content (AvgIpc) is 2.70. The van der Waals surface area contributed by atoms with Gasteiger partial charge in [-0.1, -0.05) is 55.4 Å². The maximum absolute atomic E-state index is 9.71. The molecule has 0 bridgehead atoms. The highest BCUT2D eigenvalue weighted by atomic mass is 32.1. The number of aliphatic hydroxyl groups is 1. The number of thiocarbonyl (C=S) groups is 1. The van der Waals surface area contributed by atoms with Gasteiger partial charge in [-0.05, 0) is 24.9 Å². The first-order valence-electron chi connectivity index (χ1n) is 7.42. The zero-order valence-electron chi connectivity index (χ0n) is 11.9. The van der Waals surface area contributed by atoms with E-state index in [2.05, 4.69) is 17.0 Å². The molecule has 1 saturated heterocycles. The molecule has 1 aliphatic heterocycles. The lowest BCUT2D eigenvalue weighted by Gasteiger charge is -2.36. The molecule has 20 heavy (non-hydrogen) atoms. The van der Waals surface area contributed by atoms with Crippen molar-refractivity contribution in [1.29, 1.82) is 0 Å². The van der Waals surface area contributed by atoms with E-state index in [1.54, 1.807) is 0 Å². The number of aliphatic hydroxyl groups excluding tert-OH is 1. The molecule has 1 heterocycles. The van der Waals surface area contributed by atoms with Gasteiger partial charge in [0.15, 0.2) is 0 Å². The number of benzene rings is 1. The van der Waals surface area contributed by atoms with Gasteiger partial charge in [-0.3, -0.25) is 4.90 Å². The van der Waals surface area contributed by atoms with E-state index in [0.29, 0.717) is 11.4 Å². The second-order valence-corrected chi connectivity index (χ2v) is 6.04. The van der Waals surface area contributed by atoms with Crippen LogP contribution in [-0.4, -0.2) is 34.2 Å². The fourth-order valence-electron chi connectivity index (χ4n) is 3.10. The maximum atomic E-state index is 9.71. The van der Waals surface area contributed by atoms with E-state index >= 15 is 0 Å². The van der Waals surface area contributed by atoms with E-state index in [4.69, 9.17) is 18.0 Å². The second-order valence-electron chi connectivity index (χ2n) is 5.52. The molecule has 3 N–H and O–H groups in total. The second kappa shape index (κ2) is 7.72. The molecule has 1 fully saturated rings. The van der Waals surface area contributed by atoms with Gasteiger partial charge in [-0.25, -0.2) is 0 Å². The normalized spacial score (nSPS) is 22.1. The van der Waals surface area contributed by atoms with Gasteiger partial charge in [0.05, 0.1) is 11.6 Å². The van der Waals surface area contributed by atoms with Crippen LogP contribution in [0, 0.1) is 0 Å². The molecule has 4 heteroatoms. The Morgan fingerprint density at radius 2 is 2.05 bits per heavy atom. The molecule has 2 atom stereocenters. The zero-order chi connectivity index (χ0) is 14.4. The van der Waals surface area contributed by atoms with Crippen molar-refractivity contribution >= 4 is 17.2 Å². The number of hydrogen-bond acceptors (Lipinski definition) is 3. The molecule has 0 spiro atoms. The van der Waals surface area contributed by atoms with Crippen LogP contribution in [0.2, 0.25) is 0 Å². The van der Waals surface area contributed by atoms with Crippen molar-refractivity contribution < 1.29 is 5.11 Å². The minimum atomic E-state index is 0.184. The van der Waals surface area contributed by atoms with Crippen LogP contribution in [0.25, 0.3) is 0 Å². The van der Waals surface area contributed by atoms with Crippen molar-refractivity contribution in [2.75, 3.05) is 13.2 Å². The van der Waals surface area contributed by atoms with Gasteiger partial charge in [-0.2, -0.15) is 0 Å². The van der Waals surface area contributed by atoms with Crippen LogP contribution < -0.4 is 5.73 Å². The fourth-order valence-corrected chi connectivity index (χ4v) is 3.26. The van der Waals surface area contributed by atoms with Crippen LogP contribution in [0.4, 0.5) is 0 Å². The molecule has 0 amide bonds. The topological polar surface area (TPSA) is 49.5 Å². The standard InChI is InChI=1S/C16H24N2OS/c17-16(20)11-15(13-7-3-1-4-8-13)18-10-6-2-5-9-14(18)12-19/h1,3-4,7-8,14-15,19H,2,5-6,9-12H2,(H2,17,20). The highest BCUT2D eigenvalue weighted by Crippen LogP contribution is 2.30. The first-order chi connectivity index (χ1) is 9.72. The van der Waals surface area contributed by atoms with E-state index in [1.165, 1.54) is 24.8 Å². The summed E-state index contributed by atoms with van der Waals surface area (Å²) in [7, 11) is 0. The van der Waals surface area contributed by atoms with Crippen molar-refractivity contribution in [2.45, 2.75) is 44.2 Å². The Kier molecular flexibility index (Phi) is 5.95. The van der Waals surface area contributed by atoms with E-state index < -0.39 is 0 Å². The molecular weight excluding hydrogens is 268 g/mol. The summed E-state index contributed by atoms with van der Waals surface area (Å²) in [6.45, 7) is 1.22. The Hall–Kier alpha value is -0.970. The Morgan fingerprint density at radius 1 is 1.30 bits per heavy atom. The third-order valence-corrected chi connectivity index (χ3v) is 4.28. The summed E-state index contributed by atoms with van der Waals surface area (Å²) in [5.41, 5.74) is 7.04. The lowest BCUT2D eigenvalue weighted by Crippen LogP contribution is -2.41. The van der Waals surface area contributed by atoms with E-state index in [0.717, 1.165) is 13.0 Å². The molecule has 2 rings (SSSR count). The average molecular weight is 292 g/mol. The Morgan fingerprint density at radius 3 is 2.70 bits per heavy atom. The first kappa shape index (κ1) is 15.4. The van der Waals surface area contributed by atoms with Crippen LogP contribution in [0.3, 0.4) is 0 Å². The molecule has 1 aromatic rings. The van der Waals surface area contributed by atoms with E-state index in [1.807, 2.05) is 18.2 Å². The summed E-state index contributed by atoms with van der Waals surface area (Å²) in [6.07, 6.45) is 5.34. The molecule has 0 radical (unpaired) electrons. The largest absolute Gasteiger partial charge is 0.395 e. The van der Waals surface area contributed by atoms with Crippen molar-refractivity contribution in [2.24, 2.45) is 5.73 Å². The number of rotatable bonds is 5. The molecule has 1 aliphatic rings. The molecule has 110 valence electrons. The van der Waals surface area contributed by atoms with Crippen molar-refractivity contribution in [3.8, 4) is 0 Å². The summed E-state index contributed by atoms with van der Waals surface area (Å²) in [4.78, 5) is 2.95. The summed E-state index contributed by atoms with van der Waals surface area (Å²) >= 11 is 5.14. The van der Waals surface area contributed by atoms with Gasteiger partial charge in [0.1, 0.15) is 0 Å². The van der Waals surface area contributed by atoms with Crippen LogP contribution in [0.15, 0.2) is 30.3 Å². The minimum Gasteiger partial charge on any atom is -0.395 e. The Balaban J connectivity index is 2.26. The van der Waals surface area contributed by atoms with Gasteiger partial charge < -0.3 is 10.8 Å². The molecule has 2 unspecified atom stereocenters. The molecule has 0 saturated carbocycles. The number of nitrogens with two attached hydrogens (primary N) is 1. The number of hydrogen-bond donors (Lipinski definition) is 2. The highest BCUT2D eigenvalue weighted by molar-refractivity contribution is 7.80. The Bertz CT molecular complexity index is 424. The lowest BCUT2D eigenvalue weighted by molar-refractivity contribution is 0.0866. The maximum Gasteiger partial charge on any atom is 0.0746 e. The molecule has 0 aliphatic carbocycles. The molecule has 1 aromatic carbocycles. The van der Waals surface area contributed by atoms with Gasteiger partial charge in [0.2, 0.25) is 0 Å². The predicted molar refractivity (Wildman–Crippen MR) is 86.6 cm³/mol. The molecule has 3 nitrogen and oxygen atoms in total. The van der Waals surface area contributed by atoms with Gasteiger partial charge in [0.25, 0.3) is 0 Å². The van der Waals surface area contributed by atoms with Gasteiger partial charge >= 0.3 is 0 Å². The number of likely N-dealkylation sites (tertiary alicyclic amines) is 1. The minimum absolute atomic E-state index is 0.184. The quantitative estimate of drug-likeness (QED) is 0.819. The smallest absolute Gasteiger partial charge is 0.0746 e. The van der Waals surface area contributed by atoms with E-state index in [9.17, 15) is 5.11 Å². The van der Waals surface area contributed by atoms with Gasteiger partial charge in [0, 0.05) is 18.5 Å². The number of nitrogens with zero attached hydrogens (tertiary/aromatic N) is 1. The third-order valence-electron chi connectivity index (χ3n) is 4.11. The summed E-state index contributed by atoms with van der Waals surface area (Å²) in [6, 6.07) is 10.8. The van der Waals surface area contributed by atoms with Crippen LogP contribution in [0.5, 0.6) is 0 Å². The van der Waals surface area contributed by atoms with Crippen molar-refractivity contribution in [3.05, 3.63) is 35.9 Å². The predicted octanol–water partition coefficient (Wildman–Crippen LogP) is 2.64. The highest BCUT2D eigenvalue weighted by Gasteiger charge is 2.28. The van der Waals surface area contributed by atoms with Crippen LogP contribution in [-0.2, 0) is 0 Å². The molecule has 0 aromatic heterocycles.